The maximum absolute atomic E-state index is 12.1. The average Bonchev–Trinajstić information content (AvgIpc) is 3.10. The van der Waals surface area contributed by atoms with Crippen LogP contribution in [0.25, 0.3) is 5.69 Å². The van der Waals surface area contributed by atoms with Crippen molar-refractivity contribution in [2.75, 3.05) is 6.61 Å². The highest BCUT2D eigenvalue weighted by Crippen LogP contribution is 2.20. The number of fused-ring (bicyclic) bond motifs is 1. The third kappa shape index (κ3) is 1.55. The normalized spacial score (nSPS) is 13.1. The molecule has 0 aliphatic carbocycles. The first-order valence-electron chi connectivity index (χ1n) is 5.85. The largest absolute Gasteiger partial charge is 0.463 e. The lowest BCUT2D eigenvalue weighted by Crippen LogP contribution is -2.33. The van der Waals surface area contributed by atoms with Gasteiger partial charge in [0.15, 0.2) is 0 Å². The Balaban J connectivity index is 2.04. The van der Waals surface area contributed by atoms with Crippen molar-refractivity contribution in [3.8, 4) is 5.69 Å². The number of hydrogen-bond acceptors (Lipinski definition) is 4. The van der Waals surface area contributed by atoms with Crippen LogP contribution in [0.15, 0.2) is 39.9 Å². The monoisotopic (exact) mass is 261 g/mol. The summed E-state index contributed by atoms with van der Waals surface area (Å²) in [6, 6.07) is 8.56. The third-order valence-corrected chi connectivity index (χ3v) is 2.93. The van der Waals surface area contributed by atoms with Crippen LogP contribution >= 0.6 is 0 Å². The summed E-state index contributed by atoms with van der Waals surface area (Å²) in [5.41, 5.74) is -0.587. The molecule has 2 heterocycles. The summed E-state index contributed by atoms with van der Waals surface area (Å²) >= 11 is 0. The third-order valence-electron chi connectivity index (χ3n) is 2.93. The Morgan fingerprint density at radius 2 is 1.74 bits per heavy atom. The maximum atomic E-state index is 12.1. The first kappa shape index (κ1) is 11.5. The van der Waals surface area contributed by atoms with E-state index in [1.807, 2.05) is 0 Å². The fourth-order valence-corrected chi connectivity index (χ4v) is 2.07. The van der Waals surface area contributed by atoms with E-state index in [0.29, 0.717) is 5.69 Å². The average molecular weight is 261 g/mol. The molecule has 19 heavy (non-hydrogen) atoms. The number of benzene rings is 1. The molecule has 7 heteroatoms. The molecule has 0 saturated heterocycles. The molecule has 1 aliphatic heterocycles. The first-order valence-corrected chi connectivity index (χ1v) is 5.85. The quantitative estimate of drug-likeness (QED) is 0.712. The van der Waals surface area contributed by atoms with Crippen LogP contribution in [-0.4, -0.2) is 26.5 Å². The molecule has 3 rings (SSSR count). The van der Waals surface area contributed by atoms with Crippen LogP contribution in [0.3, 0.4) is 0 Å². The van der Waals surface area contributed by atoms with Crippen LogP contribution in [0.5, 0.6) is 0 Å². The van der Waals surface area contributed by atoms with Gasteiger partial charge in [-0.2, -0.15) is 9.36 Å². The zero-order valence-electron chi connectivity index (χ0n) is 10.1. The number of nitrogens with zero attached hydrogens (tertiary/aromatic N) is 3. The van der Waals surface area contributed by atoms with E-state index in [-0.39, 0.29) is 6.61 Å². The zero-order chi connectivity index (χ0) is 13.6. The van der Waals surface area contributed by atoms with Gasteiger partial charge in [0.1, 0.15) is 0 Å². The number of ether oxygens (including phenoxy) is 1. The van der Waals surface area contributed by atoms with Crippen LogP contribution in [0.1, 0.15) is 13.1 Å². The van der Waals surface area contributed by atoms with Gasteiger partial charge in [0.2, 0.25) is 6.17 Å². The molecular weight excluding hydrogens is 250 g/mol. The summed E-state index contributed by atoms with van der Waals surface area (Å²) in [5.74, 6) is -0.586. The van der Waals surface area contributed by atoms with Gasteiger partial charge in [0.05, 0.1) is 12.3 Å². The zero-order valence-corrected chi connectivity index (χ0v) is 10.1. The highest BCUT2D eigenvalue weighted by molar-refractivity contribution is 5.76. The van der Waals surface area contributed by atoms with Crippen molar-refractivity contribution in [3.05, 3.63) is 51.3 Å². The molecule has 0 fully saturated rings. The number of para-hydroxylation sites is 1. The van der Waals surface area contributed by atoms with E-state index in [0.717, 1.165) is 13.9 Å². The molecule has 2 aromatic rings. The predicted molar refractivity (Wildman–Crippen MR) is 65.4 cm³/mol. The number of carbonyl (C=O) groups excluding carboxylic acids is 1. The SMILES string of the molecule is CCOC(=O)C1n2c(=O)n(-c3ccccc3)c(=O)n21. The Labute approximate surface area is 107 Å². The van der Waals surface area contributed by atoms with Crippen molar-refractivity contribution in [3.63, 3.8) is 0 Å². The summed E-state index contributed by atoms with van der Waals surface area (Å²) in [6.07, 6.45) is -0.903. The van der Waals surface area contributed by atoms with Crippen LogP contribution < -0.4 is 11.4 Å². The summed E-state index contributed by atoms with van der Waals surface area (Å²) in [5, 5.41) is 0. The van der Waals surface area contributed by atoms with Gasteiger partial charge in [0.25, 0.3) is 0 Å². The summed E-state index contributed by atoms with van der Waals surface area (Å²) in [4.78, 5) is 35.6. The molecule has 0 atom stereocenters. The lowest BCUT2D eigenvalue weighted by molar-refractivity contribution is -0.144. The molecule has 1 aliphatic rings. The number of rotatable bonds is 3. The van der Waals surface area contributed by atoms with Crippen molar-refractivity contribution >= 4 is 5.97 Å². The minimum atomic E-state index is -0.903. The minimum Gasteiger partial charge on any atom is -0.463 e. The molecule has 7 nitrogen and oxygen atoms in total. The van der Waals surface area contributed by atoms with E-state index in [2.05, 4.69) is 0 Å². The fourth-order valence-electron chi connectivity index (χ4n) is 2.07. The van der Waals surface area contributed by atoms with Crippen LogP contribution in [0.4, 0.5) is 0 Å². The molecule has 0 saturated carbocycles. The molecule has 98 valence electrons. The minimum absolute atomic E-state index is 0.210. The van der Waals surface area contributed by atoms with Gasteiger partial charge in [-0.1, -0.05) is 18.2 Å². The second kappa shape index (κ2) is 3.98. The Hall–Kier alpha value is -2.57. The smallest absolute Gasteiger partial charge is 0.354 e. The van der Waals surface area contributed by atoms with Gasteiger partial charge >= 0.3 is 17.3 Å². The van der Waals surface area contributed by atoms with E-state index < -0.39 is 23.5 Å². The Morgan fingerprint density at radius 3 is 2.26 bits per heavy atom. The predicted octanol–water partition coefficient (Wildman–Crippen LogP) is -0.276. The number of aromatic nitrogens is 3. The standard InChI is InChI=1S/C12H11N3O4/c1-2-19-10(16)9-14-11(17)13(12(18)15(9)14)8-6-4-3-5-7-8/h3-7,9H,2H2,1H3. The Morgan fingerprint density at radius 1 is 1.16 bits per heavy atom. The lowest BCUT2D eigenvalue weighted by Gasteiger charge is -2.01. The summed E-state index contributed by atoms with van der Waals surface area (Å²) < 4.78 is 8.00. The van der Waals surface area contributed by atoms with Gasteiger partial charge < -0.3 is 4.74 Å². The summed E-state index contributed by atoms with van der Waals surface area (Å²) in [7, 11) is 0. The van der Waals surface area contributed by atoms with Crippen LogP contribution in [0.2, 0.25) is 0 Å². The first-order chi connectivity index (χ1) is 9.16. The second-order valence-electron chi connectivity index (χ2n) is 4.05. The van der Waals surface area contributed by atoms with Crippen LogP contribution in [-0.2, 0) is 9.53 Å². The molecule has 0 radical (unpaired) electrons. The van der Waals surface area contributed by atoms with E-state index in [1.54, 1.807) is 37.3 Å². The second-order valence-corrected chi connectivity index (χ2v) is 4.05. The van der Waals surface area contributed by atoms with Crippen molar-refractivity contribution in [2.45, 2.75) is 13.1 Å². The molecule has 0 amide bonds. The van der Waals surface area contributed by atoms with E-state index in [1.165, 1.54) is 0 Å². The number of hydrogen-bond donors (Lipinski definition) is 0. The maximum Gasteiger partial charge on any atom is 0.354 e. The molecule has 0 bridgehead atoms. The van der Waals surface area contributed by atoms with Gasteiger partial charge in [0, 0.05) is 0 Å². The number of carbonyl (C=O) groups is 1. The number of esters is 1. The van der Waals surface area contributed by atoms with Crippen molar-refractivity contribution in [1.29, 1.82) is 0 Å². The van der Waals surface area contributed by atoms with Crippen molar-refractivity contribution < 1.29 is 9.53 Å². The van der Waals surface area contributed by atoms with E-state index in [4.69, 9.17) is 4.74 Å². The molecule has 0 unspecified atom stereocenters. The highest BCUT2D eigenvalue weighted by Gasteiger charge is 2.46. The van der Waals surface area contributed by atoms with Crippen molar-refractivity contribution in [1.82, 2.24) is 13.9 Å². The molecule has 1 aromatic carbocycles. The van der Waals surface area contributed by atoms with Crippen molar-refractivity contribution in [2.24, 2.45) is 0 Å². The summed E-state index contributed by atoms with van der Waals surface area (Å²) in [6.45, 7) is 1.88. The highest BCUT2D eigenvalue weighted by atomic mass is 16.5. The van der Waals surface area contributed by atoms with Gasteiger partial charge in [-0.3, -0.25) is 0 Å². The van der Waals surface area contributed by atoms with E-state index >= 15 is 0 Å². The molecule has 0 N–H and O–H groups in total. The van der Waals surface area contributed by atoms with Crippen LogP contribution in [0, 0.1) is 0 Å². The lowest BCUT2D eigenvalue weighted by atomic mass is 10.3. The molecule has 0 spiro atoms. The molecular formula is C12H11N3O4. The fraction of sp³-hybridized carbons (Fsp3) is 0.250. The topological polar surface area (TPSA) is 75.2 Å². The molecule has 1 aromatic heterocycles. The Bertz CT molecular complexity index is 718. The van der Waals surface area contributed by atoms with E-state index in [9.17, 15) is 14.4 Å². The van der Waals surface area contributed by atoms with Gasteiger partial charge in [-0.15, -0.1) is 0 Å². The Kier molecular flexibility index (Phi) is 2.41. The van der Waals surface area contributed by atoms with Gasteiger partial charge in [-0.05, 0) is 19.1 Å². The van der Waals surface area contributed by atoms with Gasteiger partial charge in [-0.25, -0.2) is 19.0 Å².